The lowest BCUT2D eigenvalue weighted by molar-refractivity contribution is -0.0581. The molecule has 0 aromatic carbocycles. The summed E-state index contributed by atoms with van der Waals surface area (Å²) in [7, 11) is 1.81. The van der Waals surface area contributed by atoms with Gasteiger partial charge in [-0.05, 0) is 25.0 Å². The second-order valence-corrected chi connectivity index (χ2v) is 9.08. The van der Waals surface area contributed by atoms with Gasteiger partial charge in [-0.2, -0.15) is 9.61 Å². The Kier molecular flexibility index (Phi) is 5.22. The Morgan fingerprint density at radius 2 is 2.12 bits per heavy atom. The smallest absolute Gasteiger partial charge is 0.256 e. The van der Waals surface area contributed by atoms with Crippen molar-refractivity contribution >= 4 is 34.8 Å². The van der Waals surface area contributed by atoms with Crippen LogP contribution in [0, 0.1) is 0 Å². The van der Waals surface area contributed by atoms with Crippen LogP contribution in [0.2, 0.25) is 0 Å². The number of nitrogens with one attached hydrogen (secondary N) is 3. The van der Waals surface area contributed by atoms with Gasteiger partial charge < -0.3 is 30.3 Å². The molecule has 2 aliphatic heterocycles. The molecule has 6 rings (SSSR count). The average Bonchev–Trinajstić information content (AvgIpc) is 3.38. The molecule has 11 nitrogen and oxygen atoms in total. The lowest BCUT2D eigenvalue weighted by atomic mass is 10.0. The molecule has 178 valence electrons. The molecular formula is C23H28N8O3. The first kappa shape index (κ1) is 21.1. The molecule has 3 aliphatic rings. The maximum atomic E-state index is 12.7. The largest absolute Gasteiger partial charge is 0.378 e. The molecule has 1 amide bonds. The number of hydrogen-bond donors (Lipinski definition) is 3. The SMILES string of the molecule is CNc1cc(Nc2cccc(N3CCO[C@]4(CCOC4)C3)n2)nc2c(C(=O)NC3CC3)cnn12. The zero-order chi connectivity index (χ0) is 23.1. The number of carbonyl (C=O) groups excluding carboxylic acids is 1. The summed E-state index contributed by atoms with van der Waals surface area (Å²) in [5.74, 6) is 2.68. The molecule has 1 spiro atoms. The van der Waals surface area contributed by atoms with Crippen LogP contribution in [0.1, 0.15) is 29.6 Å². The van der Waals surface area contributed by atoms with Crippen molar-refractivity contribution in [3.63, 3.8) is 0 Å². The number of rotatable bonds is 6. The number of pyridine rings is 1. The van der Waals surface area contributed by atoms with Crippen LogP contribution in [0.15, 0.2) is 30.5 Å². The molecule has 11 heteroatoms. The van der Waals surface area contributed by atoms with Gasteiger partial charge in [-0.25, -0.2) is 9.97 Å². The highest BCUT2D eigenvalue weighted by molar-refractivity contribution is 6.00. The predicted octanol–water partition coefficient (Wildman–Crippen LogP) is 1.80. The van der Waals surface area contributed by atoms with Crippen LogP contribution >= 0.6 is 0 Å². The Morgan fingerprint density at radius 3 is 2.91 bits per heavy atom. The molecule has 34 heavy (non-hydrogen) atoms. The number of nitrogens with zero attached hydrogens (tertiary/aromatic N) is 5. The topological polar surface area (TPSA) is 118 Å². The molecule has 3 aromatic rings. The van der Waals surface area contributed by atoms with Crippen LogP contribution in [-0.4, -0.2) is 77.1 Å². The minimum atomic E-state index is -0.239. The summed E-state index contributed by atoms with van der Waals surface area (Å²) in [5, 5.41) is 13.8. The number of morpholine rings is 1. The van der Waals surface area contributed by atoms with Crippen molar-refractivity contribution < 1.29 is 14.3 Å². The fourth-order valence-electron chi connectivity index (χ4n) is 4.52. The van der Waals surface area contributed by atoms with E-state index in [0.717, 1.165) is 44.8 Å². The minimum absolute atomic E-state index is 0.151. The Bertz CT molecular complexity index is 1220. The molecule has 1 aliphatic carbocycles. The first-order chi connectivity index (χ1) is 16.6. The minimum Gasteiger partial charge on any atom is -0.378 e. The maximum absolute atomic E-state index is 12.7. The Hall–Kier alpha value is -3.44. The molecule has 3 aromatic heterocycles. The summed E-state index contributed by atoms with van der Waals surface area (Å²) in [4.78, 5) is 24.4. The summed E-state index contributed by atoms with van der Waals surface area (Å²) < 4.78 is 13.3. The number of fused-ring (bicyclic) bond motifs is 1. The second kappa shape index (κ2) is 8.41. The number of ether oxygens (including phenoxy) is 2. The monoisotopic (exact) mass is 464 g/mol. The van der Waals surface area contributed by atoms with Crippen LogP contribution in [0.25, 0.3) is 5.65 Å². The van der Waals surface area contributed by atoms with E-state index < -0.39 is 0 Å². The summed E-state index contributed by atoms with van der Waals surface area (Å²) >= 11 is 0. The van der Waals surface area contributed by atoms with E-state index in [4.69, 9.17) is 14.5 Å². The fraction of sp³-hybridized carbons (Fsp3) is 0.478. The number of aromatic nitrogens is 4. The van der Waals surface area contributed by atoms with Gasteiger partial charge in [-0.3, -0.25) is 4.79 Å². The molecular weight excluding hydrogens is 436 g/mol. The first-order valence-corrected chi connectivity index (χ1v) is 11.7. The molecule has 5 heterocycles. The van der Waals surface area contributed by atoms with Gasteiger partial charge >= 0.3 is 0 Å². The van der Waals surface area contributed by atoms with E-state index >= 15 is 0 Å². The van der Waals surface area contributed by atoms with Crippen LogP contribution in [0.4, 0.5) is 23.3 Å². The maximum Gasteiger partial charge on any atom is 0.256 e. The van der Waals surface area contributed by atoms with Crippen molar-refractivity contribution in [3.05, 3.63) is 36.0 Å². The van der Waals surface area contributed by atoms with Gasteiger partial charge in [-0.15, -0.1) is 0 Å². The molecule has 1 saturated carbocycles. The number of hydrogen-bond acceptors (Lipinski definition) is 9. The van der Waals surface area contributed by atoms with Crippen LogP contribution in [-0.2, 0) is 9.47 Å². The fourth-order valence-corrected chi connectivity index (χ4v) is 4.52. The quantitative estimate of drug-likeness (QED) is 0.502. The predicted molar refractivity (Wildman–Crippen MR) is 127 cm³/mol. The Labute approximate surface area is 196 Å². The number of amides is 1. The summed E-state index contributed by atoms with van der Waals surface area (Å²) in [6.45, 7) is 3.55. The van der Waals surface area contributed by atoms with Crippen molar-refractivity contribution in [2.45, 2.75) is 30.9 Å². The van der Waals surface area contributed by atoms with E-state index in [2.05, 4.69) is 30.9 Å². The standard InChI is InChI=1S/C23H28N8O3/c1-24-20-11-18(29-21-16(12-25-31(20)21)22(32)26-15-5-6-15)27-17-3-2-4-19(28-17)30-8-10-34-23(13-30)7-9-33-14-23/h2-4,11-12,15,24H,5-10,13-14H2,1H3,(H,26,32)(H,27,28,29)/t23-/m1/s1. The third kappa shape index (κ3) is 4.01. The highest BCUT2D eigenvalue weighted by atomic mass is 16.6. The molecule has 3 N–H and O–H groups in total. The van der Waals surface area contributed by atoms with Gasteiger partial charge in [0.05, 0.1) is 26.0 Å². The molecule has 0 bridgehead atoms. The van der Waals surface area contributed by atoms with Gasteiger partial charge in [0, 0.05) is 38.7 Å². The summed E-state index contributed by atoms with van der Waals surface area (Å²) in [5.41, 5.74) is 0.697. The highest BCUT2D eigenvalue weighted by Gasteiger charge is 2.40. The van der Waals surface area contributed by atoms with Crippen molar-refractivity contribution in [3.8, 4) is 0 Å². The van der Waals surface area contributed by atoms with Crippen molar-refractivity contribution in [1.29, 1.82) is 0 Å². The van der Waals surface area contributed by atoms with Crippen molar-refractivity contribution in [2.75, 3.05) is 55.5 Å². The normalized spacial score (nSPS) is 22.3. The molecule has 0 unspecified atom stereocenters. The van der Waals surface area contributed by atoms with Crippen LogP contribution in [0.5, 0.6) is 0 Å². The van der Waals surface area contributed by atoms with Crippen molar-refractivity contribution in [2.24, 2.45) is 0 Å². The number of anilines is 4. The molecule has 1 atom stereocenters. The van der Waals surface area contributed by atoms with E-state index in [1.54, 1.807) is 10.7 Å². The van der Waals surface area contributed by atoms with Gasteiger partial charge in [0.15, 0.2) is 5.65 Å². The molecule has 3 fully saturated rings. The van der Waals surface area contributed by atoms with Crippen LogP contribution < -0.4 is 20.9 Å². The molecule has 0 radical (unpaired) electrons. The van der Waals surface area contributed by atoms with E-state index in [0.29, 0.717) is 41.9 Å². The van der Waals surface area contributed by atoms with Crippen LogP contribution in [0.3, 0.4) is 0 Å². The van der Waals surface area contributed by atoms with Gasteiger partial charge in [0.25, 0.3) is 5.91 Å². The lowest BCUT2D eigenvalue weighted by Crippen LogP contribution is -2.52. The third-order valence-corrected chi connectivity index (χ3v) is 6.52. The van der Waals surface area contributed by atoms with Crippen molar-refractivity contribution in [1.82, 2.24) is 24.9 Å². The highest BCUT2D eigenvalue weighted by Crippen LogP contribution is 2.30. The Balaban J connectivity index is 1.26. The zero-order valence-electron chi connectivity index (χ0n) is 19.1. The second-order valence-electron chi connectivity index (χ2n) is 9.08. The third-order valence-electron chi connectivity index (χ3n) is 6.52. The van der Waals surface area contributed by atoms with E-state index in [1.165, 1.54) is 0 Å². The van der Waals surface area contributed by atoms with Gasteiger partial charge in [0.1, 0.15) is 34.4 Å². The van der Waals surface area contributed by atoms with E-state index in [1.807, 2.05) is 31.3 Å². The van der Waals surface area contributed by atoms with Gasteiger partial charge in [-0.1, -0.05) is 6.07 Å². The van der Waals surface area contributed by atoms with E-state index in [9.17, 15) is 4.79 Å². The zero-order valence-corrected chi connectivity index (χ0v) is 19.1. The average molecular weight is 465 g/mol. The number of carbonyl (C=O) groups is 1. The molecule has 2 saturated heterocycles. The lowest BCUT2D eigenvalue weighted by Gasteiger charge is -2.40. The van der Waals surface area contributed by atoms with E-state index in [-0.39, 0.29) is 17.6 Å². The first-order valence-electron chi connectivity index (χ1n) is 11.7. The summed E-state index contributed by atoms with van der Waals surface area (Å²) in [6.07, 6.45) is 4.50. The van der Waals surface area contributed by atoms with Gasteiger partial charge in [0.2, 0.25) is 0 Å². The Morgan fingerprint density at radius 1 is 1.21 bits per heavy atom. The summed E-state index contributed by atoms with van der Waals surface area (Å²) in [6, 6.07) is 7.99.